The fourth-order valence-electron chi connectivity index (χ4n) is 3.58. The summed E-state index contributed by atoms with van der Waals surface area (Å²) < 4.78 is 25.6. The highest BCUT2D eigenvalue weighted by Crippen LogP contribution is 2.43. The maximum absolute atomic E-state index is 13.3. The van der Waals surface area contributed by atoms with E-state index in [4.69, 9.17) is 9.15 Å². The van der Waals surface area contributed by atoms with E-state index in [-0.39, 0.29) is 17.6 Å². The molecule has 32 heavy (non-hydrogen) atoms. The third-order valence-electron chi connectivity index (χ3n) is 5.03. The summed E-state index contributed by atoms with van der Waals surface area (Å²) in [5, 5.41) is 8.89. The summed E-state index contributed by atoms with van der Waals surface area (Å²) in [7, 11) is 0. The summed E-state index contributed by atoms with van der Waals surface area (Å²) in [6.45, 7) is 1.46. The van der Waals surface area contributed by atoms with Gasteiger partial charge in [0, 0.05) is 18.1 Å². The zero-order valence-corrected chi connectivity index (χ0v) is 18.0. The number of fused-ring (bicyclic) bond motifs is 3. The summed E-state index contributed by atoms with van der Waals surface area (Å²) in [6, 6.07) is 16.8. The maximum atomic E-state index is 13.3. The SMILES string of the molecule is CSc1nnc2c(n1)O[C@@H](c1ccc(-c3ccc(F)cc3)o1)N(C(C)=O)c1ccccc1-2. The Bertz CT molecular complexity index is 1310. The molecule has 4 aromatic rings. The van der Waals surface area contributed by atoms with E-state index in [0.29, 0.717) is 39.2 Å². The molecule has 0 bridgehead atoms. The van der Waals surface area contributed by atoms with Gasteiger partial charge in [-0.3, -0.25) is 9.69 Å². The first-order valence-corrected chi connectivity index (χ1v) is 11.0. The van der Waals surface area contributed by atoms with Crippen molar-refractivity contribution in [2.75, 3.05) is 11.2 Å². The second-order valence-corrected chi connectivity index (χ2v) is 7.81. The van der Waals surface area contributed by atoms with Gasteiger partial charge in [0.25, 0.3) is 0 Å². The van der Waals surface area contributed by atoms with Crippen molar-refractivity contribution in [2.45, 2.75) is 18.3 Å². The van der Waals surface area contributed by atoms with Crippen LogP contribution in [0.1, 0.15) is 18.9 Å². The predicted molar refractivity (Wildman–Crippen MR) is 118 cm³/mol. The molecule has 2 aromatic carbocycles. The van der Waals surface area contributed by atoms with Crippen LogP contribution in [0.25, 0.3) is 22.6 Å². The summed E-state index contributed by atoms with van der Waals surface area (Å²) in [5.41, 5.74) is 2.43. The zero-order chi connectivity index (χ0) is 22.2. The van der Waals surface area contributed by atoms with Crippen molar-refractivity contribution in [2.24, 2.45) is 0 Å². The Hall–Kier alpha value is -3.72. The van der Waals surface area contributed by atoms with Crippen molar-refractivity contribution >= 4 is 23.4 Å². The van der Waals surface area contributed by atoms with Gasteiger partial charge < -0.3 is 9.15 Å². The van der Waals surface area contributed by atoms with E-state index in [1.54, 1.807) is 24.3 Å². The molecule has 9 heteroatoms. The van der Waals surface area contributed by atoms with Gasteiger partial charge in [-0.15, -0.1) is 10.2 Å². The smallest absolute Gasteiger partial charge is 0.247 e. The number of hydrogen-bond acceptors (Lipinski definition) is 7. The number of para-hydroxylation sites is 1. The Morgan fingerprint density at radius 1 is 1.06 bits per heavy atom. The Labute approximate surface area is 187 Å². The molecule has 1 aliphatic heterocycles. The monoisotopic (exact) mass is 448 g/mol. The van der Waals surface area contributed by atoms with Crippen LogP contribution in [0.4, 0.5) is 10.1 Å². The number of halogens is 1. The molecular weight excluding hydrogens is 431 g/mol. The topological polar surface area (TPSA) is 81.3 Å². The van der Waals surface area contributed by atoms with Crippen LogP contribution in [-0.4, -0.2) is 27.3 Å². The molecule has 0 saturated heterocycles. The highest BCUT2D eigenvalue weighted by molar-refractivity contribution is 7.98. The van der Waals surface area contributed by atoms with E-state index in [1.165, 1.54) is 35.7 Å². The fourth-order valence-corrected chi connectivity index (χ4v) is 3.88. The number of nitrogens with zero attached hydrogens (tertiary/aromatic N) is 4. The average molecular weight is 448 g/mol. The number of anilines is 1. The number of benzene rings is 2. The van der Waals surface area contributed by atoms with E-state index in [0.717, 1.165) is 0 Å². The van der Waals surface area contributed by atoms with E-state index in [9.17, 15) is 9.18 Å². The van der Waals surface area contributed by atoms with E-state index < -0.39 is 6.23 Å². The molecule has 0 aliphatic carbocycles. The van der Waals surface area contributed by atoms with Crippen molar-refractivity contribution in [3.63, 3.8) is 0 Å². The van der Waals surface area contributed by atoms with Crippen LogP contribution in [0.3, 0.4) is 0 Å². The molecule has 2 aromatic heterocycles. The summed E-state index contributed by atoms with van der Waals surface area (Å²) in [6.07, 6.45) is 0.921. The first kappa shape index (κ1) is 20.2. The Morgan fingerprint density at radius 3 is 2.59 bits per heavy atom. The van der Waals surface area contributed by atoms with Crippen LogP contribution in [0, 0.1) is 5.82 Å². The lowest BCUT2D eigenvalue weighted by Gasteiger charge is -2.28. The van der Waals surface area contributed by atoms with Crippen LogP contribution in [0.5, 0.6) is 5.88 Å². The molecule has 7 nitrogen and oxygen atoms in total. The van der Waals surface area contributed by atoms with Crippen LogP contribution in [0.2, 0.25) is 0 Å². The van der Waals surface area contributed by atoms with Gasteiger partial charge in [0.15, 0.2) is 11.5 Å². The first-order chi connectivity index (χ1) is 15.5. The van der Waals surface area contributed by atoms with E-state index >= 15 is 0 Å². The maximum Gasteiger partial charge on any atom is 0.247 e. The number of carbonyl (C=O) groups is 1. The lowest BCUT2D eigenvalue weighted by molar-refractivity contribution is -0.118. The summed E-state index contributed by atoms with van der Waals surface area (Å²) in [4.78, 5) is 18.8. The minimum atomic E-state index is -0.921. The van der Waals surface area contributed by atoms with Crippen molar-refractivity contribution < 1.29 is 18.3 Å². The van der Waals surface area contributed by atoms with Gasteiger partial charge in [0.2, 0.25) is 23.2 Å². The second kappa shape index (κ2) is 8.08. The quantitative estimate of drug-likeness (QED) is 0.403. The molecule has 0 fully saturated rings. The van der Waals surface area contributed by atoms with Gasteiger partial charge in [0.05, 0.1) is 5.69 Å². The highest BCUT2D eigenvalue weighted by Gasteiger charge is 2.36. The van der Waals surface area contributed by atoms with Crippen molar-refractivity contribution in [3.8, 4) is 28.5 Å². The zero-order valence-electron chi connectivity index (χ0n) is 17.2. The number of furan rings is 1. The molecule has 0 unspecified atom stereocenters. The van der Waals surface area contributed by atoms with Crippen molar-refractivity contribution in [3.05, 3.63) is 72.2 Å². The van der Waals surface area contributed by atoms with Gasteiger partial charge in [0.1, 0.15) is 11.6 Å². The number of hydrogen-bond donors (Lipinski definition) is 0. The second-order valence-electron chi connectivity index (χ2n) is 7.04. The van der Waals surface area contributed by atoms with Crippen LogP contribution >= 0.6 is 11.8 Å². The minimum absolute atomic E-state index is 0.243. The molecular formula is C23H17FN4O3S. The van der Waals surface area contributed by atoms with Crippen LogP contribution in [-0.2, 0) is 4.79 Å². The molecule has 1 atom stereocenters. The number of carbonyl (C=O) groups excluding carboxylic acids is 1. The van der Waals surface area contributed by atoms with Crippen LogP contribution < -0.4 is 9.64 Å². The summed E-state index contributed by atoms with van der Waals surface area (Å²) in [5.74, 6) is 0.598. The Morgan fingerprint density at radius 2 is 1.84 bits per heavy atom. The third-order valence-corrected chi connectivity index (χ3v) is 5.57. The minimum Gasteiger partial charge on any atom is -0.455 e. The van der Waals surface area contributed by atoms with Crippen molar-refractivity contribution in [1.29, 1.82) is 0 Å². The number of aromatic nitrogens is 3. The molecule has 160 valence electrons. The average Bonchev–Trinajstić information content (AvgIpc) is 3.24. The molecule has 0 N–H and O–H groups in total. The summed E-state index contributed by atoms with van der Waals surface area (Å²) >= 11 is 1.34. The Kier molecular flexibility index (Phi) is 5.10. The highest BCUT2D eigenvalue weighted by atomic mass is 32.2. The van der Waals surface area contributed by atoms with Gasteiger partial charge in [-0.1, -0.05) is 30.0 Å². The standard InChI is InChI=1S/C23H17FN4O3S/c1-13(29)28-17-6-4-3-5-16(17)20-21(25-23(32-2)27-26-20)31-22(28)19-12-11-18(30-19)14-7-9-15(24)10-8-14/h3-12,22H,1-2H3/t22-/m0/s1. The van der Waals surface area contributed by atoms with Gasteiger partial charge in [-0.25, -0.2) is 4.39 Å². The van der Waals surface area contributed by atoms with Gasteiger partial charge >= 0.3 is 0 Å². The number of rotatable bonds is 3. The molecule has 1 aliphatic rings. The van der Waals surface area contributed by atoms with Gasteiger partial charge in [-0.05, 0) is 48.7 Å². The number of ether oxygens (including phenoxy) is 1. The van der Waals surface area contributed by atoms with E-state index in [1.807, 2.05) is 30.5 Å². The molecule has 0 saturated carbocycles. The predicted octanol–water partition coefficient (Wildman–Crippen LogP) is 5.10. The van der Waals surface area contributed by atoms with E-state index in [2.05, 4.69) is 15.2 Å². The normalized spacial score (nSPS) is 14.8. The molecule has 1 amide bonds. The lowest BCUT2D eigenvalue weighted by atomic mass is 10.1. The lowest BCUT2D eigenvalue weighted by Crippen LogP contribution is -2.35. The van der Waals surface area contributed by atoms with Gasteiger partial charge in [-0.2, -0.15) is 4.98 Å². The van der Waals surface area contributed by atoms with Crippen molar-refractivity contribution in [1.82, 2.24) is 15.2 Å². The largest absolute Gasteiger partial charge is 0.455 e. The third kappa shape index (κ3) is 3.50. The first-order valence-electron chi connectivity index (χ1n) is 9.75. The Balaban J connectivity index is 1.66. The number of amides is 1. The fraction of sp³-hybridized carbons (Fsp3) is 0.130. The number of thioether (sulfide) groups is 1. The molecule has 5 rings (SSSR count). The molecule has 0 radical (unpaired) electrons. The molecule has 3 heterocycles. The van der Waals surface area contributed by atoms with Crippen LogP contribution in [0.15, 0.2) is 70.2 Å². The molecule has 0 spiro atoms.